The molecule has 1 aromatic carbocycles. The van der Waals surface area contributed by atoms with Crippen molar-refractivity contribution in [1.29, 1.82) is 5.26 Å². The first kappa shape index (κ1) is 18.2. The Labute approximate surface area is 136 Å². The van der Waals surface area contributed by atoms with Gasteiger partial charge in [0.1, 0.15) is 11.6 Å². The van der Waals surface area contributed by atoms with Crippen LogP contribution < -0.4 is 5.32 Å². The Hall–Kier alpha value is -2.81. The quantitative estimate of drug-likeness (QED) is 0.596. The van der Waals surface area contributed by atoms with Gasteiger partial charge in [0.25, 0.3) is 5.91 Å². The minimum atomic E-state index is -1.06. The zero-order chi connectivity index (χ0) is 17.2. The molecular weight excluding hydrogens is 294 g/mol. The number of hydrogen-bond acceptors (Lipinski definition) is 3. The summed E-state index contributed by atoms with van der Waals surface area (Å²) < 4.78 is 0. The summed E-state index contributed by atoms with van der Waals surface area (Å²) in [6, 6.07) is 9.30. The van der Waals surface area contributed by atoms with E-state index in [0.717, 1.165) is 11.1 Å². The number of nitrogens with one attached hydrogen (secondary N) is 1. The second-order valence-electron chi connectivity index (χ2n) is 4.87. The normalized spacial score (nSPS) is 10.7. The summed E-state index contributed by atoms with van der Waals surface area (Å²) in [5, 5.41) is 20.1. The van der Waals surface area contributed by atoms with Crippen LogP contribution in [0.3, 0.4) is 0 Å². The number of likely N-dealkylation sites (N-methyl/N-ethyl adjacent to an activating group) is 1. The van der Waals surface area contributed by atoms with Gasteiger partial charge in [-0.05, 0) is 37.5 Å². The molecule has 1 rings (SSSR count). The molecular formula is C17H21N3O3. The minimum absolute atomic E-state index is 0.0921. The van der Waals surface area contributed by atoms with Gasteiger partial charge >= 0.3 is 6.09 Å². The van der Waals surface area contributed by atoms with Crippen LogP contribution in [-0.2, 0) is 11.2 Å². The Bertz CT molecular complexity index is 628. The predicted octanol–water partition coefficient (Wildman–Crippen LogP) is 2.27. The van der Waals surface area contributed by atoms with E-state index in [4.69, 9.17) is 5.11 Å². The average Bonchev–Trinajstić information content (AvgIpc) is 2.53. The number of carbonyl (C=O) groups excluding carboxylic acids is 1. The summed E-state index contributed by atoms with van der Waals surface area (Å²) in [7, 11) is 0. The standard InChI is InChI=1S/C17H21N3O3/c1-3-20(4-2)16(21)15(12-18)11-14-7-5-6-13(10-14)8-9-19-17(22)23/h5-7,10-11,19H,3-4,8-9H2,1-2H3,(H,22,23). The number of hydrogen-bond donors (Lipinski definition) is 2. The van der Waals surface area contributed by atoms with Crippen LogP contribution in [0.1, 0.15) is 25.0 Å². The summed E-state index contributed by atoms with van der Waals surface area (Å²) >= 11 is 0. The minimum Gasteiger partial charge on any atom is -0.465 e. The molecule has 0 aliphatic heterocycles. The first-order valence-electron chi connectivity index (χ1n) is 7.48. The second-order valence-corrected chi connectivity index (χ2v) is 4.87. The van der Waals surface area contributed by atoms with E-state index in [-0.39, 0.29) is 11.5 Å². The molecule has 2 amide bonds. The van der Waals surface area contributed by atoms with Crippen molar-refractivity contribution in [3.63, 3.8) is 0 Å². The highest BCUT2D eigenvalue weighted by Crippen LogP contribution is 2.12. The van der Waals surface area contributed by atoms with Crippen LogP contribution in [0.2, 0.25) is 0 Å². The van der Waals surface area contributed by atoms with E-state index < -0.39 is 6.09 Å². The zero-order valence-electron chi connectivity index (χ0n) is 13.4. The van der Waals surface area contributed by atoms with Crippen molar-refractivity contribution < 1.29 is 14.7 Å². The monoisotopic (exact) mass is 315 g/mol. The Morgan fingerprint density at radius 3 is 2.61 bits per heavy atom. The summed E-state index contributed by atoms with van der Waals surface area (Å²) in [4.78, 5) is 24.3. The molecule has 0 aromatic heterocycles. The van der Waals surface area contributed by atoms with E-state index in [1.165, 1.54) is 0 Å². The van der Waals surface area contributed by atoms with Crippen LogP contribution in [0.4, 0.5) is 4.79 Å². The van der Waals surface area contributed by atoms with Crippen LogP contribution in [0.5, 0.6) is 0 Å². The molecule has 0 heterocycles. The summed E-state index contributed by atoms with van der Waals surface area (Å²) in [5.74, 6) is -0.282. The Morgan fingerprint density at radius 1 is 1.35 bits per heavy atom. The topological polar surface area (TPSA) is 93.4 Å². The fourth-order valence-corrected chi connectivity index (χ4v) is 2.14. The Morgan fingerprint density at radius 2 is 2.04 bits per heavy atom. The smallest absolute Gasteiger partial charge is 0.404 e. The summed E-state index contributed by atoms with van der Waals surface area (Å²) in [5.41, 5.74) is 1.77. The van der Waals surface area contributed by atoms with Crippen molar-refractivity contribution in [2.24, 2.45) is 0 Å². The largest absolute Gasteiger partial charge is 0.465 e. The highest BCUT2D eigenvalue weighted by molar-refractivity contribution is 6.01. The van der Waals surface area contributed by atoms with E-state index in [1.807, 2.05) is 38.1 Å². The third-order valence-electron chi connectivity index (χ3n) is 3.35. The molecule has 0 saturated carbocycles. The maximum Gasteiger partial charge on any atom is 0.404 e. The average molecular weight is 315 g/mol. The first-order valence-corrected chi connectivity index (χ1v) is 7.48. The lowest BCUT2D eigenvalue weighted by molar-refractivity contribution is -0.126. The lowest BCUT2D eigenvalue weighted by Crippen LogP contribution is -2.31. The van der Waals surface area contributed by atoms with Crippen molar-refractivity contribution in [2.75, 3.05) is 19.6 Å². The maximum atomic E-state index is 12.2. The number of carbonyl (C=O) groups is 2. The number of amides is 2. The Balaban J connectivity index is 2.90. The summed E-state index contributed by atoms with van der Waals surface area (Å²) in [6.45, 7) is 5.15. The van der Waals surface area contributed by atoms with Gasteiger partial charge in [0.05, 0.1) is 0 Å². The van der Waals surface area contributed by atoms with Crippen LogP contribution in [0, 0.1) is 11.3 Å². The SMILES string of the molecule is CCN(CC)C(=O)C(C#N)=Cc1cccc(CCNC(=O)O)c1. The molecule has 0 aliphatic carbocycles. The molecule has 23 heavy (non-hydrogen) atoms. The third kappa shape index (κ3) is 5.83. The number of rotatable bonds is 7. The molecule has 6 heteroatoms. The van der Waals surface area contributed by atoms with Crippen molar-refractivity contribution in [3.8, 4) is 6.07 Å². The van der Waals surface area contributed by atoms with Crippen molar-refractivity contribution in [2.45, 2.75) is 20.3 Å². The fraction of sp³-hybridized carbons (Fsp3) is 0.353. The number of nitriles is 1. The van der Waals surface area contributed by atoms with Crippen molar-refractivity contribution in [1.82, 2.24) is 10.2 Å². The molecule has 0 saturated heterocycles. The molecule has 0 fully saturated rings. The lowest BCUT2D eigenvalue weighted by atomic mass is 10.1. The van der Waals surface area contributed by atoms with E-state index in [2.05, 4.69) is 5.32 Å². The highest BCUT2D eigenvalue weighted by Gasteiger charge is 2.15. The molecule has 0 spiro atoms. The molecule has 0 aliphatic rings. The predicted molar refractivity (Wildman–Crippen MR) is 87.7 cm³/mol. The molecule has 0 unspecified atom stereocenters. The first-order chi connectivity index (χ1) is 11.0. The molecule has 2 N–H and O–H groups in total. The maximum absolute atomic E-state index is 12.2. The molecule has 1 aromatic rings. The van der Waals surface area contributed by atoms with E-state index >= 15 is 0 Å². The van der Waals surface area contributed by atoms with Gasteiger partial charge in [-0.3, -0.25) is 4.79 Å². The molecule has 122 valence electrons. The number of nitrogens with zero attached hydrogens (tertiary/aromatic N) is 2. The summed E-state index contributed by atoms with van der Waals surface area (Å²) in [6.07, 6.45) is 1.05. The second kappa shape index (κ2) is 9.26. The van der Waals surface area contributed by atoms with E-state index in [0.29, 0.717) is 26.1 Å². The number of benzene rings is 1. The molecule has 0 atom stereocenters. The van der Waals surface area contributed by atoms with Gasteiger partial charge in [-0.2, -0.15) is 5.26 Å². The molecule has 6 nitrogen and oxygen atoms in total. The van der Waals surface area contributed by atoms with Gasteiger partial charge in [0.2, 0.25) is 0 Å². The van der Waals surface area contributed by atoms with Crippen molar-refractivity contribution >= 4 is 18.1 Å². The van der Waals surface area contributed by atoms with Crippen LogP contribution in [0.15, 0.2) is 29.8 Å². The van der Waals surface area contributed by atoms with Crippen molar-refractivity contribution in [3.05, 3.63) is 41.0 Å². The zero-order valence-corrected chi connectivity index (χ0v) is 13.4. The lowest BCUT2D eigenvalue weighted by Gasteiger charge is -2.17. The Kier molecular flexibility index (Phi) is 7.34. The van der Waals surface area contributed by atoms with Gasteiger partial charge < -0.3 is 15.3 Å². The fourth-order valence-electron chi connectivity index (χ4n) is 2.14. The molecule has 0 radical (unpaired) electrons. The number of carboxylic acid groups (broad SMARTS) is 1. The van der Waals surface area contributed by atoms with Gasteiger partial charge in [0, 0.05) is 19.6 Å². The van der Waals surface area contributed by atoms with Gasteiger partial charge in [-0.15, -0.1) is 0 Å². The van der Waals surface area contributed by atoms with Gasteiger partial charge in [0.15, 0.2) is 0 Å². The van der Waals surface area contributed by atoms with Crippen LogP contribution in [0.25, 0.3) is 6.08 Å². The van der Waals surface area contributed by atoms with E-state index in [9.17, 15) is 14.9 Å². The third-order valence-corrected chi connectivity index (χ3v) is 3.35. The van der Waals surface area contributed by atoms with Crippen LogP contribution in [-0.4, -0.2) is 41.6 Å². The van der Waals surface area contributed by atoms with Gasteiger partial charge in [-0.1, -0.05) is 24.3 Å². The van der Waals surface area contributed by atoms with E-state index in [1.54, 1.807) is 17.0 Å². The molecule has 0 bridgehead atoms. The van der Waals surface area contributed by atoms with Crippen LogP contribution >= 0.6 is 0 Å². The van der Waals surface area contributed by atoms with Gasteiger partial charge in [-0.25, -0.2) is 4.79 Å². The highest BCUT2D eigenvalue weighted by atomic mass is 16.4.